The second-order valence-corrected chi connectivity index (χ2v) is 9.80. The van der Waals surface area contributed by atoms with Crippen molar-refractivity contribution < 1.29 is 12.6 Å². The van der Waals surface area contributed by atoms with E-state index in [-0.39, 0.29) is 4.90 Å². The third-order valence-corrected chi connectivity index (χ3v) is 6.49. The first-order valence-electron chi connectivity index (χ1n) is 8.42. The molecule has 4 aromatic rings. The van der Waals surface area contributed by atoms with Crippen molar-refractivity contribution in [2.24, 2.45) is 0 Å². The van der Waals surface area contributed by atoms with Gasteiger partial charge in [0.2, 0.25) is 0 Å². The van der Waals surface area contributed by atoms with Crippen LogP contribution in [0.25, 0.3) is 28.2 Å². The molecule has 0 fully saturated rings. The molecule has 142 valence electrons. The Morgan fingerprint density at radius 3 is 2.14 bits per heavy atom. The minimum absolute atomic E-state index is 0.272. The van der Waals surface area contributed by atoms with Crippen LogP contribution in [0.3, 0.4) is 0 Å². The predicted molar refractivity (Wildman–Crippen MR) is 109 cm³/mol. The highest BCUT2D eigenvalue weighted by atomic mass is 32.2. The van der Waals surface area contributed by atoms with Crippen LogP contribution in [-0.2, 0) is 20.6 Å². The third kappa shape index (κ3) is 3.48. The molecule has 0 N–H and O–H groups in total. The summed E-state index contributed by atoms with van der Waals surface area (Å²) < 4.78 is 36.6. The molecule has 4 rings (SSSR count). The molecule has 0 spiro atoms. The Labute approximate surface area is 165 Å². The average Bonchev–Trinajstić information content (AvgIpc) is 3.10. The van der Waals surface area contributed by atoms with E-state index in [9.17, 15) is 12.6 Å². The molecule has 0 aliphatic rings. The topological polar surface area (TPSA) is 81.4 Å². The Kier molecular flexibility index (Phi) is 4.60. The number of rotatable bonds is 4. The SMILES string of the molecule is CS(=O)c1ccc(-c2cnc3ccc(-c4ccc(S(C)(=O)=O)cc4)nn23)cc1. The number of nitrogens with zero attached hydrogens (tertiary/aromatic N) is 3. The Morgan fingerprint density at radius 2 is 1.54 bits per heavy atom. The fourth-order valence-corrected chi connectivity index (χ4v) is 4.06. The first kappa shape index (κ1) is 18.5. The second-order valence-electron chi connectivity index (χ2n) is 6.41. The zero-order valence-electron chi connectivity index (χ0n) is 15.2. The van der Waals surface area contributed by atoms with Crippen molar-refractivity contribution in [3.8, 4) is 22.5 Å². The van der Waals surface area contributed by atoms with Crippen LogP contribution in [0, 0.1) is 0 Å². The van der Waals surface area contributed by atoms with Gasteiger partial charge >= 0.3 is 0 Å². The molecule has 2 heterocycles. The summed E-state index contributed by atoms with van der Waals surface area (Å²) in [6.45, 7) is 0. The highest BCUT2D eigenvalue weighted by Crippen LogP contribution is 2.24. The molecular formula is C20H17N3O3S2. The third-order valence-electron chi connectivity index (χ3n) is 4.42. The van der Waals surface area contributed by atoms with Crippen molar-refractivity contribution >= 4 is 26.3 Å². The summed E-state index contributed by atoms with van der Waals surface area (Å²) in [7, 11) is -4.27. The normalized spacial score (nSPS) is 12.9. The molecular weight excluding hydrogens is 394 g/mol. The monoisotopic (exact) mass is 411 g/mol. The lowest BCUT2D eigenvalue weighted by atomic mass is 10.1. The molecule has 2 aromatic heterocycles. The standard InChI is InChI=1S/C20H17N3O3S2/c1-27(24)16-7-3-15(4-8-16)19-13-21-20-12-11-18(22-23(19)20)14-5-9-17(10-6-14)28(2,25)26/h3-13H,1-2H3. The van der Waals surface area contributed by atoms with Gasteiger partial charge in [-0.05, 0) is 36.4 Å². The van der Waals surface area contributed by atoms with Gasteiger partial charge in [0.1, 0.15) is 0 Å². The summed E-state index contributed by atoms with van der Waals surface area (Å²) >= 11 is 0. The van der Waals surface area contributed by atoms with Crippen LogP contribution >= 0.6 is 0 Å². The maximum Gasteiger partial charge on any atom is 0.175 e. The average molecular weight is 412 g/mol. The van der Waals surface area contributed by atoms with Crippen LogP contribution in [0.15, 0.2) is 76.7 Å². The number of hydrogen-bond donors (Lipinski definition) is 0. The molecule has 0 radical (unpaired) electrons. The lowest BCUT2D eigenvalue weighted by molar-refractivity contribution is 0.602. The van der Waals surface area contributed by atoms with E-state index in [0.717, 1.165) is 21.7 Å². The van der Waals surface area contributed by atoms with E-state index >= 15 is 0 Å². The predicted octanol–water partition coefficient (Wildman–Crippen LogP) is 3.20. The van der Waals surface area contributed by atoms with Gasteiger partial charge < -0.3 is 0 Å². The number of imidazole rings is 1. The smallest absolute Gasteiger partial charge is 0.175 e. The van der Waals surface area contributed by atoms with Crippen LogP contribution in [0.5, 0.6) is 0 Å². The van der Waals surface area contributed by atoms with E-state index < -0.39 is 20.6 Å². The van der Waals surface area contributed by atoms with E-state index in [1.807, 2.05) is 36.4 Å². The number of sulfone groups is 1. The summed E-state index contributed by atoms with van der Waals surface area (Å²) in [5.41, 5.74) is 3.95. The second kappa shape index (κ2) is 6.96. The van der Waals surface area contributed by atoms with Gasteiger partial charge in [-0.25, -0.2) is 17.9 Å². The highest BCUT2D eigenvalue weighted by molar-refractivity contribution is 7.90. The van der Waals surface area contributed by atoms with Gasteiger partial charge in [-0.2, -0.15) is 5.10 Å². The zero-order chi connectivity index (χ0) is 19.9. The molecule has 0 aliphatic heterocycles. The van der Waals surface area contributed by atoms with Crippen molar-refractivity contribution in [1.82, 2.24) is 14.6 Å². The van der Waals surface area contributed by atoms with E-state index in [0.29, 0.717) is 11.3 Å². The largest absolute Gasteiger partial charge is 0.255 e. The van der Waals surface area contributed by atoms with Crippen LogP contribution in [-0.4, -0.2) is 39.7 Å². The number of aromatic nitrogens is 3. The van der Waals surface area contributed by atoms with Crippen molar-refractivity contribution in [3.05, 3.63) is 66.9 Å². The van der Waals surface area contributed by atoms with Crippen LogP contribution in [0.4, 0.5) is 0 Å². The van der Waals surface area contributed by atoms with Gasteiger partial charge in [0, 0.05) is 39.3 Å². The molecule has 1 atom stereocenters. The fraction of sp³-hybridized carbons (Fsp3) is 0.100. The van der Waals surface area contributed by atoms with Gasteiger partial charge in [0.25, 0.3) is 0 Å². The number of fused-ring (bicyclic) bond motifs is 1. The van der Waals surface area contributed by atoms with Gasteiger partial charge in [-0.3, -0.25) is 4.21 Å². The number of hydrogen-bond acceptors (Lipinski definition) is 5. The molecule has 28 heavy (non-hydrogen) atoms. The van der Waals surface area contributed by atoms with E-state index in [1.165, 1.54) is 6.26 Å². The van der Waals surface area contributed by atoms with Crippen molar-refractivity contribution in [2.45, 2.75) is 9.79 Å². The van der Waals surface area contributed by atoms with Crippen molar-refractivity contribution in [2.75, 3.05) is 12.5 Å². The Morgan fingerprint density at radius 1 is 0.893 bits per heavy atom. The van der Waals surface area contributed by atoms with E-state index in [4.69, 9.17) is 0 Å². The summed E-state index contributed by atoms with van der Waals surface area (Å²) in [6.07, 6.45) is 4.58. The van der Waals surface area contributed by atoms with Gasteiger partial charge in [0.05, 0.1) is 22.5 Å². The van der Waals surface area contributed by atoms with Gasteiger partial charge in [-0.1, -0.05) is 24.3 Å². The first-order chi connectivity index (χ1) is 13.3. The molecule has 0 aliphatic carbocycles. The Hall–Kier alpha value is -2.84. The van der Waals surface area contributed by atoms with Crippen molar-refractivity contribution in [3.63, 3.8) is 0 Å². The molecule has 0 saturated heterocycles. The van der Waals surface area contributed by atoms with Gasteiger partial charge in [0.15, 0.2) is 15.5 Å². The van der Waals surface area contributed by atoms with Crippen LogP contribution in [0.2, 0.25) is 0 Å². The summed E-state index contributed by atoms with van der Waals surface area (Å²) in [4.78, 5) is 5.43. The number of benzene rings is 2. The Balaban J connectivity index is 1.77. The molecule has 6 nitrogen and oxygen atoms in total. The minimum Gasteiger partial charge on any atom is -0.255 e. The molecule has 8 heteroatoms. The van der Waals surface area contributed by atoms with Crippen molar-refractivity contribution in [1.29, 1.82) is 0 Å². The van der Waals surface area contributed by atoms with E-state index in [1.54, 1.807) is 41.2 Å². The van der Waals surface area contributed by atoms with Crippen LogP contribution < -0.4 is 0 Å². The molecule has 0 amide bonds. The van der Waals surface area contributed by atoms with Gasteiger partial charge in [-0.15, -0.1) is 0 Å². The lowest BCUT2D eigenvalue weighted by Gasteiger charge is -2.06. The molecule has 2 aromatic carbocycles. The highest BCUT2D eigenvalue weighted by Gasteiger charge is 2.11. The molecule has 0 bridgehead atoms. The molecule has 1 unspecified atom stereocenters. The first-order valence-corrected chi connectivity index (χ1v) is 11.9. The minimum atomic E-state index is -3.24. The maximum atomic E-state index is 11.6. The summed E-state index contributed by atoms with van der Waals surface area (Å²) in [5.74, 6) is 0. The summed E-state index contributed by atoms with van der Waals surface area (Å²) in [5, 5.41) is 4.68. The fourth-order valence-electron chi connectivity index (χ4n) is 2.91. The molecule has 0 saturated carbocycles. The van der Waals surface area contributed by atoms with E-state index in [2.05, 4.69) is 10.1 Å². The Bertz CT molecular complexity index is 1290. The maximum absolute atomic E-state index is 11.6. The summed E-state index contributed by atoms with van der Waals surface area (Å²) in [6, 6.07) is 17.8. The zero-order valence-corrected chi connectivity index (χ0v) is 16.9. The lowest BCUT2D eigenvalue weighted by Crippen LogP contribution is -1.98. The van der Waals surface area contributed by atoms with Crippen LogP contribution in [0.1, 0.15) is 0 Å². The quantitative estimate of drug-likeness (QED) is 0.515.